The molecule has 36 heavy (non-hydrogen) atoms. The van der Waals surface area contributed by atoms with Crippen molar-refractivity contribution >= 4 is 18.1 Å². The third-order valence-corrected chi connectivity index (χ3v) is 6.57. The van der Waals surface area contributed by atoms with Gasteiger partial charge in [0.25, 0.3) is 0 Å². The molecule has 0 radical (unpaired) electrons. The molecule has 1 heterocycles. The molecule has 7 heteroatoms. The number of carboxylic acids is 1. The number of hydrogen-bond donors (Lipinski definition) is 3. The lowest BCUT2D eigenvalue weighted by Gasteiger charge is -2.24. The monoisotopic (exact) mass is 491 g/mol. The fourth-order valence-electron chi connectivity index (χ4n) is 4.07. The summed E-state index contributed by atoms with van der Waals surface area (Å²) in [6.45, 7) is 5.91. The SMILES string of the molecule is Cc1ccc(CNC(C)(CO)C(=O)O)cc1C=Cc1cccc(-c2ccc3c(c2F)OCCO3)c1C. The van der Waals surface area contributed by atoms with Crippen LogP contribution in [0.2, 0.25) is 0 Å². The minimum Gasteiger partial charge on any atom is -0.486 e. The Morgan fingerprint density at radius 3 is 2.56 bits per heavy atom. The minimum absolute atomic E-state index is 0.153. The number of aliphatic hydroxyl groups is 1. The average Bonchev–Trinajstić information content (AvgIpc) is 2.88. The zero-order valence-corrected chi connectivity index (χ0v) is 20.6. The van der Waals surface area contributed by atoms with Gasteiger partial charge in [-0.1, -0.05) is 48.6 Å². The van der Waals surface area contributed by atoms with Crippen LogP contribution in [0.25, 0.3) is 23.3 Å². The van der Waals surface area contributed by atoms with Crippen molar-refractivity contribution in [2.45, 2.75) is 32.9 Å². The van der Waals surface area contributed by atoms with E-state index in [0.29, 0.717) is 31.1 Å². The van der Waals surface area contributed by atoms with Gasteiger partial charge in [-0.25, -0.2) is 4.39 Å². The Labute approximate surface area is 210 Å². The molecule has 188 valence electrons. The number of aryl methyl sites for hydroxylation is 1. The smallest absolute Gasteiger partial charge is 0.326 e. The number of aliphatic carboxylic acids is 1. The van der Waals surface area contributed by atoms with Crippen LogP contribution in [-0.4, -0.2) is 41.5 Å². The number of fused-ring (bicyclic) bond motifs is 1. The highest BCUT2D eigenvalue weighted by atomic mass is 19.1. The van der Waals surface area contributed by atoms with Crippen LogP contribution in [0, 0.1) is 19.7 Å². The Bertz CT molecular complexity index is 1320. The summed E-state index contributed by atoms with van der Waals surface area (Å²) in [5.74, 6) is -0.963. The maximum Gasteiger partial charge on any atom is 0.326 e. The first kappa shape index (κ1) is 25.4. The summed E-state index contributed by atoms with van der Waals surface area (Å²) >= 11 is 0. The predicted molar refractivity (Wildman–Crippen MR) is 138 cm³/mol. The Kier molecular flexibility index (Phi) is 7.43. The van der Waals surface area contributed by atoms with Gasteiger partial charge in [-0.05, 0) is 66.3 Å². The molecule has 3 aromatic carbocycles. The van der Waals surface area contributed by atoms with Gasteiger partial charge in [0, 0.05) is 12.1 Å². The molecule has 1 atom stereocenters. The van der Waals surface area contributed by atoms with Crippen molar-refractivity contribution in [1.29, 1.82) is 0 Å². The topological polar surface area (TPSA) is 88.0 Å². The van der Waals surface area contributed by atoms with Crippen LogP contribution in [-0.2, 0) is 11.3 Å². The quantitative estimate of drug-likeness (QED) is 0.386. The molecular formula is C29H30FNO5. The standard InChI is InChI=1S/C29H30FNO5/c1-18-7-8-20(16-31-29(3,17-32)28(33)34)15-22(18)10-9-21-5-4-6-23(19(21)2)24-11-12-25-27(26(24)30)36-14-13-35-25/h4-12,15,31-32H,13-14,16-17H2,1-3H3,(H,33,34). The summed E-state index contributed by atoms with van der Waals surface area (Å²) in [5, 5.41) is 21.7. The summed E-state index contributed by atoms with van der Waals surface area (Å²) in [7, 11) is 0. The second-order valence-corrected chi connectivity index (χ2v) is 9.14. The number of hydrogen-bond acceptors (Lipinski definition) is 5. The van der Waals surface area contributed by atoms with E-state index < -0.39 is 23.9 Å². The summed E-state index contributed by atoms with van der Waals surface area (Å²) in [6, 6.07) is 15.1. The number of benzene rings is 3. The van der Waals surface area contributed by atoms with Gasteiger partial charge < -0.3 is 19.7 Å². The largest absolute Gasteiger partial charge is 0.486 e. The van der Waals surface area contributed by atoms with E-state index in [0.717, 1.165) is 33.4 Å². The van der Waals surface area contributed by atoms with Gasteiger partial charge in [-0.15, -0.1) is 0 Å². The first-order chi connectivity index (χ1) is 17.2. The van der Waals surface area contributed by atoms with Crippen molar-refractivity contribution in [2.24, 2.45) is 0 Å². The average molecular weight is 492 g/mol. The van der Waals surface area contributed by atoms with Gasteiger partial charge in [-0.2, -0.15) is 0 Å². The van der Waals surface area contributed by atoms with Gasteiger partial charge in [-0.3, -0.25) is 10.1 Å². The van der Waals surface area contributed by atoms with E-state index in [1.54, 1.807) is 12.1 Å². The van der Waals surface area contributed by atoms with Crippen molar-refractivity contribution in [3.8, 4) is 22.6 Å². The van der Waals surface area contributed by atoms with Gasteiger partial charge in [0.2, 0.25) is 0 Å². The molecular weight excluding hydrogens is 461 g/mol. The van der Waals surface area contributed by atoms with Crippen LogP contribution in [0.4, 0.5) is 4.39 Å². The third kappa shape index (κ3) is 5.12. The van der Waals surface area contributed by atoms with Crippen molar-refractivity contribution in [2.75, 3.05) is 19.8 Å². The highest BCUT2D eigenvalue weighted by Crippen LogP contribution is 2.39. The lowest BCUT2D eigenvalue weighted by atomic mass is 9.94. The molecule has 0 saturated carbocycles. The van der Waals surface area contributed by atoms with Crippen molar-refractivity contribution in [1.82, 2.24) is 5.32 Å². The number of nitrogens with one attached hydrogen (secondary N) is 1. The van der Waals surface area contributed by atoms with Crippen LogP contribution in [0.5, 0.6) is 11.5 Å². The molecule has 1 aliphatic rings. The first-order valence-corrected chi connectivity index (χ1v) is 11.8. The molecule has 0 saturated heterocycles. The van der Waals surface area contributed by atoms with Crippen molar-refractivity contribution < 1.29 is 28.9 Å². The maximum atomic E-state index is 15.3. The molecule has 0 aliphatic carbocycles. The summed E-state index contributed by atoms with van der Waals surface area (Å²) in [4.78, 5) is 11.4. The van der Waals surface area contributed by atoms with E-state index in [-0.39, 0.29) is 5.75 Å². The fraction of sp³-hybridized carbons (Fsp3) is 0.276. The van der Waals surface area contributed by atoms with E-state index in [9.17, 15) is 15.0 Å². The Balaban J connectivity index is 1.60. The summed E-state index contributed by atoms with van der Waals surface area (Å²) < 4.78 is 26.3. The normalized spacial score (nSPS) is 14.6. The van der Waals surface area contributed by atoms with Gasteiger partial charge >= 0.3 is 5.97 Å². The van der Waals surface area contributed by atoms with Crippen molar-refractivity contribution in [3.63, 3.8) is 0 Å². The molecule has 0 fully saturated rings. The lowest BCUT2D eigenvalue weighted by molar-refractivity contribution is -0.145. The molecule has 0 aromatic heterocycles. The van der Waals surface area contributed by atoms with Crippen LogP contribution in [0.15, 0.2) is 48.5 Å². The van der Waals surface area contributed by atoms with E-state index >= 15 is 4.39 Å². The second kappa shape index (κ2) is 10.5. The van der Waals surface area contributed by atoms with E-state index in [1.165, 1.54) is 6.92 Å². The van der Waals surface area contributed by atoms with E-state index in [4.69, 9.17) is 9.47 Å². The molecule has 0 spiro atoms. The van der Waals surface area contributed by atoms with E-state index in [1.807, 2.05) is 62.4 Å². The van der Waals surface area contributed by atoms with Gasteiger partial charge in [0.15, 0.2) is 17.3 Å². The zero-order chi connectivity index (χ0) is 25.9. The number of ether oxygens (including phenoxy) is 2. The number of rotatable bonds is 8. The minimum atomic E-state index is -1.42. The first-order valence-electron chi connectivity index (χ1n) is 11.8. The summed E-state index contributed by atoms with van der Waals surface area (Å²) in [6.07, 6.45) is 3.98. The third-order valence-electron chi connectivity index (χ3n) is 6.57. The van der Waals surface area contributed by atoms with Crippen LogP contribution in [0.1, 0.15) is 34.7 Å². The molecule has 1 aliphatic heterocycles. The van der Waals surface area contributed by atoms with Gasteiger partial charge in [0.1, 0.15) is 18.8 Å². The van der Waals surface area contributed by atoms with Gasteiger partial charge in [0.05, 0.1) is 6.61 Å². The molecule has 3 aromatic rings. The Morgan fingerprint density at radius 1 is 1.06 bits per heavy atom. The maximum absolute atomic E-state index is 15.3. The Morgan fingerprint density at radius 2 is 1.81 bits per heavy atom. The Hall–Kier alpha value is -3.68. The molecule has 6 nitrogen and oxygen atoms in total. The zero-order valence-electron chi connectivity index (χ0n) is 20.6. The number of carboxylic acid groups (broad SMARTS) is 1. The predicted octanol–water partition coefficient (Wildman–Crippen LogP) is 4.98. The molecule has 0 amide bonds. The molecule has 1 unspecified atom stereocenters. The second-order valence-electron chi connectivity index (χ2n) is 9.14. The molecule has 3 N–H and O–H groups in total. The number of carbonyl (C=O) groups is 1. The highest BCUT2D eigenvalue weighted by molar-refractivity contribution is 5.80. The summed E-state index contributed by atoms with van der Waals surface area (Å²) in [5.41, 5.74) is 4.63. The van der Waals surface area contributed by atoms with Crippen molar-refractivity contribution in [3.05, 3.63) is 82.2 Å². The van der Waals surface area contributed by atoms with Crippen LogP contribution in [0.3, 0.4) is 0 Å². The number of halogens is 1. The number of aliphatic hydroxyl groups excluding tert-OH is 1. The van der Waals surface area contributed by atoms with Crippen LogP contribution >= 0.6 is 0 Å². The van der Waals surface area contributed by atoms with Crippen LogP contribution < -0.4 is 14.8 Å². The lowest BCUT2D eigenvalue weighted by Crippen LogP contribution is -2.52. The highest BCUT2D eigenvalue weighted by Gasteiger charge is 2.31. The fourth-order valence-corrected chi connectivity index (χ4v) is 4.07. The molecule has 0 bridgehead atoms. The van der Waals surface area contributed by atoms with E-state index in [2.05, 4.69) is 5.32 Å². The molecule has 4 rings (SSSR count).